The topological polar surface area (TPSA) is 42.7 Å². The molecule has 0 fully saturated rings. The van der Waals surface area contributed by atoms with Crippen molar-refractivity contribution in [2.24, 2.45) is 7.05 Å². The molecule has 3 rings (SSSR count). The van der Waals surface area contributed by atoms with Crippen molar-refractivity contribution in [1.82, 2.24) is 14.8 Å². The van der Waals surface area contributed by atoms with Gasteiger partial charge in [0, 0.05) is 48.2 Å². The molecule has 2 aromatic heterocycles. The first-order valence-corrected chi connectivity index (χ1v) is 6.90. The lowest BCUT2D eigenvalue weighted by atomic mass is 10.2. The van der Waals surface area contributed by atoms with Crippen LogP contribution in [0.15, 0.2) is 48.2 Å². The molecule has 0 aliphatic rings. The Labute approximate surface area is 115 Å². The largest absolute Gasteiger partial charge is 0.381 e. The summed E-state index contributed by atoms with van der Waals surface area (Å²) in [4.78, 5) is 4.33. The highest BCUT2D eigenvalue weighted by atomic mass is 32.1. The number of nitrogens with zero attached hydrogens (tertiary/aromatic N) is 3. The average Bonchev–Trinajstić information content (AvgIpc) is 3.08. The predicted octanol–water partition coefficient (Wildman–Crippen LogP) is 3.16. The van der Waals surface area contributed by atoms with Crippen LogP contribution in [0.5, 0.6) is 0 Å². The summed E-state index contributed by atoms with van der Waals surface area (Å²) in [7, 11) is 1.92. The van der Waals surface area contributed by atoms with Crippen molar-refractivity contribution in [2.45, 2.75) is 6.54 Å². The Morgan fingerprint density at radius 3 is 3.05 bits per heavy atom. The molecule has 1 aromatic carbocycles. The van der Waals surface area contributed by atoms with E-state index in [1.807, 2.05) is 41.8 Å². The molecule has 0 saturated carbocycles. The second kappa shape index (κ2) is 5.24. The van der Waals surface area contributed by atoms with Crippen molar-refractivity contribution in [3.63, 3.8) is 0 Å². The predicted molar refractivity (Wildman–Crippen MR) is 78.1 cm³/mol. The Bertz CT molecular complexity index is 658. The van der Waals surface area contributed by atoms with Crippen molar-refractivity contribution in [3.8, 4) is 10.6 Å². The Morgan fingerprint density at radius 1 is 1.37 bits per heavy atom. The van der Waals surface area contributed by atoms with Gasteiger partial charge in [0.1, 0.15) is 5.01 Å². The van der Waals surface area contributed by atoms with E-state index < -0.39 is 0 Å². The molecular weight excluding hydrogens is 256 g/mol. The minimum absolute atomic E-state index is 0.773. The Morgan fingerprint density at radius 2 is 2.32 bits per heavy atom. The number of nitrogens with one attached hydrogen (secondary N) is 1. The SMILES string of the molecule is Cn1cc(CNc2cccc(-c3nccs3)c2)cn1. The van der Waals surface area contributed by atoms with Crippen LogP contribution in [0.2, 0.25) is 0 Å². The van der Waals surface area contributed by atoms with Crippen molar-refractivity contribution in [2.75, 3.05) is 5.32 Å². The third kappa shape index (κ3) is 2.82. The zero-order chi connectivity index (χ0) is 13.1. The van der Waals surface area contributed by atoms with Gasteiger partial charge in [-0.15, -0.1) is 11.3 Å². The second-order valence-electron chi connectivity index (χ2n) is 4.29. The van der Waals surface area contributed by atoms with Crippen LogP contribution in [0.4, 0.5) is 5.69 Å². The number of rotatable bonds is 4. The molecule has 0 bridgehead atoms. The third-order valence-electron chi connectivity index (χ3n) is 2.80. The number of aryl methyl sites for hydroxylation is 1. The van der Waals surface area contributed by atoms with E-state index in [-0.39, 0.29) is 0 Å². The van der Waals surface area contributed by atoms with E-state index in [1.165, 1.54) is 5.56 Å². The van der Waals surface area contributed by atoms with E-state index >= 15 is 0 Å². The third-order valence-corrected chi connectivity index (χ3v) is 3.62. The van der Waals surface area contributed by atoms with E-state index in [2.05, 4.69) is 33.6 Å². The Kier molecular flexibility index (Phi) is 3.29. The van der Waals surface area contributed by atoms with Crippen molar-refractivity contribution in [1.29, 1.82) is 0 Å². The molecule has 96 valence electrons. The lowest BCUT2D eigenvalue weighted by Gasteiger charge is -2.06. The highest BCUT2D eigenvalue weighted by Gasteiger charge is 2.02. The Hall–Kier alpha value is -2.14. The van der Waals surface area contributed by atoms with Crippen LogP contribution >= 0.6 is 11.3 Å². The monoisotopic (exact) mass is 270 g/mol. The molecule has 19 heavy (non-hydrogen) atoms. The standard InChI is InChI=1S/C14H14N4S/c1-18-10-11(9-17-18)8-16-13-4-2-3-12(7-13)14-15-5-6-19-14/h2-7,9-10,16H,8H2,1H3. The maximum atomic E-state index is 4.33. The molecular formula is C14H14N4S. The fraction of sp³-hybridized carbons (Fsp3) is 0.143. The van der Waals surface area contributed by atoms with Gasteiger partial charge in [0.05, 0.1) is 6.20 Å². The van der Waals surface area contributed by atoms with Crippen LogP contribution in [0.1, 0.15) is 5.56 Å². The average molecular weight is 270 g/mol. The maximum absolute atomic E-state index is 4.33. The molecule has 0 aliphatic carbocycles. The summed E-state index contributed by atoms with van der Waals surface area (Å²) in [6, 6.07) is 8.30. The van der Waals surface area contributed by atoms with Gasteiger partial charge in [0.15, 0.2) is 0 Å². The molecule has 2 heterocycles. The summed E-state index contributed by atoms with van der Waals surface area (Å²) in [5.41, 5.74) is 3.41. The normalized spacial score (nSPS) is 10.6. The molecule has 4 nitrogen and oxygen atoms in total. The Balaban J connectivity index is 1.73. The molecule has 0 aliphatic heterocycles. The molecule has 3 aromatic rings. The van der Waals surface area contributed by atoms with Crippen LogP contribution in [0.25, 0.3) is 10.6 Å². The number of aromatic nitrogens is 3. The van der Waals surface area contributed by atoms with Crippen molar-refractivity contribution < 1.29 is 0 Å². The van der Waals surface area contributed by atoms with Crippen LogP contribution in [-0.2, 0) is 13.6 Å². The first-order valence-electron chi connectivity index (χ1n) is 6.02. The van der Waals surface area contributed by atoms with E-state index in [9.17, 15) is 0 Å². The van der Waals surface area contributed by atoms with Gasteiger partial charge in [-0.05, 0) is 12.1 Å². The molecule has 0 spiro atoms. The minimum Gasteiger partial charge on any atom is -0.381 e. The minimum atomic E-state index is 0.773. The fourth-order valence-electron chi connectivity index (χ4n) is 1.90. The van der Waals surface area contributed by atoms with Crippen molar-refractivity contribution in [3.05, 3.63) is 53.8 Å². The van der Waals surface area contributed by atoms with Crippen LogP contribution in [0, 0.1) is 0 Å². The molecule has 0 saturated heterocycles. The van der Waals surface area contributed by atoms with Gasteiger partial charge in [0.2, 0.25) is 0 Å². The van der Waals surface area contributed by atoms with E-state index in [4.69, 9.17) is 0 Å². The zero-order valence-electron chi connectivity index (χ0n) is 10.6. The van der Waals surface area contributed by atoms with Gasteiger partial charge in [-0.2, -0.15) is 5.10 Å². The quantitative estimate of drug-likeness (QED) is 0.792. The highest BCUT2D eigenvalue weighted by molar-refractivity contribution is 7.13. The zero-order valence-corrected chi connectivity index (χ0v) is 11.4. The lowest BCUT2D eigenvalue weighted by Crippen LogP contribution is -1.98. The number of hydrogen-bond acceptors (Lipinski definition) is 4. The molecule has 0 unspecified atom stereocenters. The summed E-state index contributed by atoms with van der Waals surface area (Å²) >= 11 is 1.65. The first kappa shape index (κ1) is 11.9. The van der Waals surface area contributed by atoms with Gasteiger partial charge in [-0.25, -0.2) is 4.98 Å². The second-order valence-corrected chi connectivity index (χ2v) is 5.19. The molecule has 0 amide bonds. The van der Waals surface area contributed by atoms with Crippen LogP contribution in [0.3, 0.4) is 0 Å². The summed E-state index contributed by atoms with van der Waals surface area (Å²) in [5.74, 6) is 0. The van der Waals surface area contributed by atoms with Crippen LogP contribution in [-0.4, -0.2) is 14.8 Å². The number of thiazole rings is 1. The van der Waals surface area contributed by atoms with E-state index in [1.54, 1.807) is 11.3 Å². The van der Waals surface area contributed by atoms with E-state index in [0.29, 0.717) is 0 Å². The molecule has 0 atom stereocenters. The lowest BCUT2D eigenvalue weighted by molar-refractivity contribution is 0.767. The smallest absolute Gasteiger partial charge is 0.123 e. The molecule has 1 N–H and O–H groups in total. The van der Waals surface area contributed by atoms with Gasteiger partial charge < -0.3 is 5.32 Å². The van der Waals surface area contributed by atoms with Gasteiger partial charge >= 0.3 is 0 Å². The number of anilines is 1. The summed E-state index contributed by atoms with van der Waals surface area (Å²) in [5, 5.41) is 10.6. The highest BCUT2D eigenvalue weighted by Crippen LogP contribution is 2.24. The van der Waals surface area contributed by atoms with E-state index in [0.717, 1.165) is 22.8 Å². The molecule has 0 radical (unpaired) electrons. The first-order chi connectivity index (χ1) is 9.31. The summed E-state index contributed by atoms with van der Waals surface area (Å²) < 4.78 is 1.81. The van der Waals surface area contributed by atoms with Gasteiger partial charge in [-0.3, -0.25) is 4.68 Å². The van der Waals surface area contributed by atoms with Crippen molar-refractivity contribution >= 4 is 17.0 Å². The molecule has 5 heteroatoms. The fourth-order valence-corrected chi connectivity index (χ4v) is 2.53. The summed E-state index contributed by atoms with van der Waals surface area (Å²) in [6.45, 7) is 0.773. The van der Waals surface area contributed by atoms with Gasteiger partial charge in [0.25, 0.3) is 0 Å². The number of hydrogen-bond donors (Lipinski definition) is 1. The van der Waals surface area contributed by atoms with Gasteiger partial charge in [-0.1, -0.05) is 12.1 Å². The summed E-state index contributed by atoms with van der Waals surface area (Å²) in [6.07, 6.45) is 5.71. The maximum Gasteiger partial charge on any atom is 0.123 e. The van der Waals surface area contributed by atoms with Crippen LogP contribution < -0.4 is 5.32 Å². The number of benzene rings is 1.